The Bertz CT molecular complexity index is 612. The number of hydrogen-bond acceptors (Lipinski definition) is 5. The van der Waals surface area contributed by atoms with Crippen molar-refractivity contribution in [1.82, 2.24) is 4.90 Å². The molecule has 1 saturated heterocycles. The third-order valence-electron chi connectivity index (χ3n) is 4.01. The highest BCUT2D eigenvalue weighted by molar-refractivity contribution is 7.91. The van der Waals surface area contributed by atoms with E-state index in [0.29, 0.717) is 25.4 Å². The Balaban J connectivity index is 1.98. The number of alkyl halides is 2. The maximum atomic E-state index is 12.5. The number of rotatable bonds is 6. The van der Waals surface area contributed by atoms with Crippen LogP contribution in [0, 0.1) is 0 Å². The number of halogens is 2. The van der Waals surface area contributed by atoms with Gasteiger partial charge in [-0.15, -0.1) is 0 Å². The fraction of sp³-hybridized carbons (Fsp3) is 0.600. The molecule has 0 atom stereocenters. The number of ether oxygens (including phenoxy) is 1. The summed E-state index contributed by atoms with van der Waals surface area (Å²) in [6.07, 6.45) is 0. The largest absolute Gasteiger partial charge is 0.383 e. The molecule has 2 rings (SSSR count). The molecule has 1 fully saturated rings. The van der Waals surface area contributed by atoms with Crippen molar-refractivity contribution in [2.75, 3.05) is 38.2 Å². The number of hydrogen-bond donors (Lipinski definition) is 1. The van der Waals surface area contributed by atoms with Gasteiger partial charge in [-0.05, 0) is 38.1 Å². The second-order valence-electron chi connectivity index (χ2n) is 6.10. The Morgan fingerprint density at radius 3 is 2.30 bits per heavy atom. The zero-order chi connectivity index (χ0) is 17.1. The van der Waals surface area contributed by atoms with Crippen LogP contribution in [0.3, 0.4) is 0 Å². The molecule has 5 nitrogen and oxygen atoms in total. The van der Waals surface area contributed by atoms with Crippen molar-refractivity contribution in [1.29, 1.82) is 0 Å². The van der Waals surface area contributed by atoms with E-state index >= 15 is 0 Å². The quantitative estimate of drug-likeness (QED) is 0.854. The van der Waals surface area contributed by atoms with Crippen molar-refractivity contribution in [3.63, 3.8) is 0 Å². The van der Waals surface area contributed by atoms with Crippen molar-refractivity contribution in [2.45, 2.75) is 30.0 Å². The summed E-state index contributed by atoms with van der Waals surface area (Å²) >= 11 is 0. The van der Waals surface area contributed by atoms with E-state index in [1.165, 1.54) is 24.3 Å². The van der Waals surface area contributed by atoms with Gasteiger partial charge in [0.25, 0.3) is 0 Å². The predicted octanol–water partition coefficient (Wildman–Crippen LogP) is 2.21. The van der Waals surface area contributed by atoms with Crippen LogP contribution in [0.25, 0.3) is 0 Å². The minimum Gasteiger partial charge on any atom is -0.383 e. The molecule has 1 aliphatic rings. The molecule has 23 heavy (non-hydrogen) atoms. The van der Waals surface area contributed by atoms with Crippen LogP contribution in [0.4, 0.5) is 14.5 Å². The first kappa shape index (κ1) is 18.1. The Morgan fingerprint density at radius 2 is 1.78 bits per heavy atom. The van der Waals surface area contributed by atoms with E-state index in [1.54, 1.807) is 0 Å². The predicted molar refractivity (Wildman–Crippen MR) is 84.6 cm³/mol. The first-order chi connectivity index (χ1) is 10.7. The van der Waals surface area contributed by atoms with Crippen LogP contribution in [0.5, 0.6) is 0 Å². The van der Waals surface area contributed by atoms with Crippen LogP contribution < -0.4 is 5.32 Å². The second-order valence-corrected chi connectivity index (χ2v) is 8.01. The van der Waals surface area contributed by atoms with Gasteiger partial charge in [-0.2, -0.15) is 8.78 Å². The lowest BCUT2D eigenvalue weighted by Gasteiger charge is -2.41. The van der Waals surface area contributed by atoms with Gasteiger partial charge in [0.2, 0.25) is 9.84 Å². The van der Waals surface area contributed by atoms with Gasteiger partial charge in [-0.25, -0.2) is 8.42 Å². The van der Waals surface area contributed by atoms with Gasteiger partial charge in [0.05, 0.1) is 18.1 Å². The topological polar surface area (TPSA) is 58.6 Å². The highest BCUT2D eigenvalue weighted by atomic mass is 32.2. The lowest BCUT2D eigenvalue weighted by molar-refractivity contribution is -0.00568. The molecule has 0 aliphatic carbocycles. The van der Waals surface area contributed by atoms with Gasteiger partial charge < -0.3 is 10.1 Å². The summed E-state index contributed by atoms with van der Waals surface area (Å²) in [4.78, 5) is 1.95. The van der Waals surface area contributed by atoms with Gasteiger partial charge in [0.15, 0.2) is 0 Å². The number of nitrogens with zero attached hydrogens (tertiary/aromatic N) is 1. The summed E-state index contributed by atoms with van der Waals surface area (Å²) in [6.45, 7) is 8.02. The van der Waals surface area contributed by atoms with Gasteiger partial charge in [0.1, 0.15) is 0 Å². The van der Waals surface area contributed by atoms with Crippen molar-refractivity contribution in [2.24, 2.45) is 0 Å². The molecule has 1 aliphatic heterocycles. The molecule has 1 aromatic rings. The summed E-state index contributed by atoms with van der Waals surface area (Å²) in [5.74, 6) is -3.40. The third-order valence-corrected chi connectivity index (χ3v) is 5.41. The zero-order valence-corrected chi connectivity index (χ0v) is 14.1. The fourth-order valence-electron chi connectivity index (χ4n) is 2.46. The van der Waals surface area contributed by atoms with Crippen molar-refractivity contribution in [3.05, 3.63) is 24.3 Å². The molecule has 130 valence electrons. The van der Waals surface area contributed by atoms with Crippen molar-refractivity contribution in [3.8, 4) is 0 Å². The molecule has 1 aromatic carbocycles. The van der Waals surface area contributed by atoms with Crippen molar-refractivity contribution < 1.29 is 21.9 Å². The lowest BCUT2D eigenvalue weighted by atomic mass is 10.0. The normalized spacial score (nSPS) is 17.4. The van der Waals surface area contributed by atoms with Gasteiger partial charge in [-0.3, -0.25) is 4.90 Å². The van der Waals surface area contributed by atoms with Crippen LogP contribution in [0.15, 0.2) is 29.2 Å². The zero-order valence-electron chi connectivity index (χ0n) is 13.3. The molecule has 0 radical (unpaired) electrons. The molecule has 8 heteroatoms. The van der Waals surface area contributed by atoms with E-state index in [2.05, 4.69) is 24.1 Å². The molecule has 0 saturated carbocycles. The molecule has 0 aromatic heterocycles. The van der Waals surface area contributed by atoms with E-state index in [-0.39, 0.29) is 10.4 Å². The van der Waals surface area contributed by atoms with Crippen LogP contribution in [0.1, 0.15) is 13.8 Å². The summed E-state index contributed by atoms with van der Waals surface area (Å²) in [6, 6.07) is 5.41. The first-order valence-corrected chi connectivity index (χ1v) is 8.97. The maximum absolute atomic E-state index is 12.5. The summed E-state index contributed by atoms with van der Waals surface area (Å²) < 4.78 is 53.1. The van der Waals surface area contributed by atoms with E-state index < -0.39 is 15.6 Å². The van der Waals surface area contributed by atoms with Gasteiger partial charge in [-0.1, -0.05) is 0 Å². The van der Waals surface area contributed by atoms with E-state index in [0.717, 1.165) is 13.1 Å². The molecular weight excluding hydrogens is 326 g/mol. The first-order valence-electron chi connectivity index (χ1n) is 7.42. The molecule has 1 heterocycles. The highest BCUT2D eigenvalue weighted by Gasteiger charge is 2.28. The summed E-state index contributed by atoms with van der Waals surface area (Å²) in [5.41, 5.74) is 0.594. The SMILES string of the molecule is CC(C)(CNc1ccc(S(=O)(=O)C(F)F)cc1)N1CCOCC1. The monoisotopic (exact) mass is 348 g/mol. The highest BCUT2D eigenvalue weighted by Crippen LogP contribution is 2.22. The molecule has 1 N–H and O–H groups in total. The molecule has 0 unspecified atom stereocenters. The van der Waals surface area contributed by atoms with Gasteiger partial charge >= 0.3 is 5.76 Å². The van der Waals surface area contributed by atoms with Crippen LogP contribution in [-0.2, 0) is 14.6 Å². The maximum Gasteiger partial charge on any atom is 0.341 e. The standard InChI is InChI=1S/C15H22F2N2O3S/c1-15(2,19-7-9-22-10-8-19)11-18-12-3-5-13(6-4-12)23(20,21)14(16)17/h3-6,14,18H,7-11H2,1-2H3. The number of benzene rings is 1. The minimum atomic E-state index is -4.54. The van der Waals surface area contributed by atoms with Crippen LogP contribution in [0.2, 0.25) is 0 Å². The number of morpholine rings is 1. The Labute approximate surface area is 135 Å². The van der Waals surface area contributed by atoms with Gasteiger partial charge in [0, 0.05) is 30.9 Å². The smallest absolute Gasteiger partial charge is 0.341 e. The van der Waals surface area contributed by atoms with E-state index in [4.69, 9.17) is 4.74 Å². The molecule has 0 amide bonds. The average Bonchev–Trinajstić information content (AvgIpc) is 2.54. The Hall–Kier alpha value is -1.25. The van der Waals surface area contributed by atoms with Crippen molar-refractivity contribution >= 4 is 15.5 Å². The Kier molecular flexibility index (Phi) is 5.59. The number of nitrogens with one attached hydrogen (secondary N) is 1. The van der Waals surface area contributed by atoms with E-state index in [1.807, 2.05) is 0 Å². The average molecular weight is 348 g/mol. The van der Waals surface area contributed by atoms with Crippen LogP contribution >= 0.6 is 0 Å². The molecular formula is C15H22F2N2O3S. The number of anilines is 1. The minimum absolute atomic E-state index is 0.0997. The second kappa shape index (κ2) is 7.11. The number of sulfone groups is 1. The molecule has 0 bridgehead atoms. The van der Waals surface area contributed by atoms with E-state index in [9.17, 15) is 17.2 Å². The summed E-state index contributed by atoms with van der Waals surface area (Å²) in [7, 11) is -4.54. The van der Waals surface area contributed by atoms with Crippen LogP contribution in [-0.4, -0.2) is 57.5 Å². The molecule has 0 spiro atoms. The lowest BCUT2D eigenvalue weighted by Crippen LogP contribution is -2.53. The third kappa shape index (κ3) is 4.39. The summed E-state index contributed by atoms with van der Waals surface area (Å²) in [5, 5.41) is 3.23. The fourth-order valence-corrected chi connectivity index (χ4v) is 3.19. The Morgan fingerprint density at radius 1 is 1.22 bits per heavy atom.